The molecular formula is C23H21ClN4O. The van der Waals surface area contributed by atoms with Gasteiger partial charge in [0.1, 0.15) is 5.82 Å². The molecule has 1 N–H and O–H groups in total. The molecule has 0 saturated carbocycles. The summed E-state index contributed by atoms with van der Waals surface area (Å²) in [4.78, 5) is 17.6. The van der Waals surface area contributed by atoms with Gasteiger partial charge in [-0.15, -0.1) is 0 Å². The maximum Gasteiger partial charge on any atom is 0.258 e. The average molecular weight is 405 g/mol. The highest BCUT2D eigenvalue weighted by Gasteiger charge is 2.16. The first-order valence-electron chi connectivity index (χ1n) is 9.35. The van der Waals surface area contributed by atoms with Crippen molar-refractivity contribution in [2.45, 2.75) is 27.7 Å². The van der Waals surface area contributed by atoms with E-state index in [1.165, 1.54) is 5.56 Å². The van der Waals surface area contributed by atoms with Crippen molar-refractivity contribution < 1.29 is 4.79 Å². The van der Waals surface area contributed by atoms with Gasteiger partial charge in [-0.05, 0) is 63.1 Å². The van der Waals surface area contributed by atoms with Crippen LogP contribution in [0.15, 0.2) is 48.5 Å². The van der Waals surface area contributed by atoms with Crippen LogP contribution in [0.4, 0.5) is 5.82 Å². The number of halogens is 1. The molecule has 0 bridgehead atoms. The predicted octanol–water partition coefficient (Wildman–Crippen LogP) is 5.56. The molecule has 4 rings (SSSR count). The Morgan fingerprint density at radius 1 is 1.00 bits per heavy atom. The standard InChI is InChI=1S/C23H21ClN4O/c1-13-9-15(3)22-18(10-13)14(2)11-20(25-22)28-21(12-16(4)27-28)26-23(29)17-7-5-6-8-19(17)24/h5-12H,1-4H3,(H,26,29). The normalized spacial score (nSPS) is 11.1. The van der Waals surface area contributed by atoms with Gasteiger partial charge < -0.3 is 5.32 Å². The zero-order chi connectivity index (χ0) is 20.7. The summed E-state index contributed by atoms with van der Waals surface area (Å²) >= 11 is 6.17. The Kier molecular flexibility index (Phi) is 4.84. The second kappa shape index (κ2) is 7.33. The summed E-state index contributed by atoms with van der Waals surface area (Å²) in [5.74, 6) is 0.911. The SMILES string of the molecule is Cc1cc(C)c2nc(-n3nc(C)cc3NC(=O)c3ccccc3Cl)cc(C)c2c1. The van der Waals surface area contributed by atoms with Gasteiger partial charge in [0, 0.05) is 11.5 Å². The number of carbonyl (C=O) groups is 1. The molecule has 6 heteroatoms. The van der Waals surface area contributed by atoms with Crippen LogP contribution >= 0.6 is 11.6 Å². The van der Waals surface area contributed by atoms with Crippen molar-refractivity contribution in [2.24, 2.45) is 0 Å². The van der Waals surface area contributed by atoms with Crippen LogP contribution in [-0.2, 0) is 0 Å². The zero-order valence-electron chi connectivity index (χ0n) is 16.7. The molecule has 0 saturated heterocycles. The number of aromatic nitrogens is 3. The van der Waals surface area contributed by atoms with Gasteiger partial charge >= 0.3 is 0 Å². The number of pyridine rings is 1. The summed E-state index contributed by atoms with van der Waals surface area (Å²) in [5.41, 5.74) is 5.54. The van der Waals surface area contributed by atoms with Gasteiger partial charge in [0.2, 0.25) is 0 Å². The molecule has 0 fully saturated rings. The van der Waals surface area contributed by atoms with Crippen LogP contribution in [0.1, 0.15) is 32.7 Å². The minimum atomic E-state index is -0.291. The Labute approximate surface area is 174 Å². The van der Waals surface area contributed by atoms with Crippen molar-refractivity contribution in [1.29, 1.82) is 0 Å². The maximum absolute atomic E-state index is 12.7. The fraction of sp³-hybridized carbons (Fsp3) is 0.174. The molecule has 0 aliphatic carbocycles. The zero-order valence-corrected chi connectivity index (χ0v) is 17.5. The van der Waals surface area contributed by atoms with E-state index in [0.717, 1.165) is 27.7 Å². The highest BCUT2D eigenvalue weighted by Crippen LogP contribution is 2.26. The molecule has 4 aromatic rings. The number of anilines is 1. The molecule has 0 spiro atoms. The maximum atomic E-state index is 12.7. The Bertz CT molecular complexity index is 1260. The number of hydrogen-bond acceptors (Lipinski definition) is 3. The largest absolute Gasteiger partial charge is 0.306 e. The molecule has 2 aromatic carbocycles. The molecular weight excluding hydrogens is 384 g/mol. The molecule has 29 heavy (non-hydrogen) atoms. The number of rotatable bonds is 3. The third-order valence-electron chi connectivity index (χ3n) is 4.85. The third kappa shape index (κ3) is 3.61. The van der Waals surface area contributed by atoms with E-state index in [1.54, 1.807) is 28.9 Å². The summed E-state index contributed by atoms with van der Waals surface area (Å²) in [6.07, 6.45) is 0. The number of fused-ring (bicyclic) bond motifs is 1. The van der Waals surface area contributed by atoms with E-state index in [9.17, 15) is 4.79 Å². The number of nitrogens with zero attached hydrogens (tertiary/aromatic N) is 3. The first kappa shape index (κ1) is 19.2. The van der Waals surface area contributed by atoms with Gasteiger partial charge in [-0.3, -0.25) is 4.79 Å². The van der Waals surface area contributed by atoms with E-state index in [-0.39, 0.29) is 5.91 Å². The van der Waals surface area contributed by atoms with Crippen LogP contribution in [-0.4, -0.2) is 20.7 Å². The number of benzene rings is 2. The molecule has 1 amide bonds. The molecule has 0 unspecified atom stereocenters. The molecule has 0 aliphatic heterocycles. The molecule has 0 aliphatic rings. The Hall–Kier alpha value is -3.18. The van der Waals surface area contributed by atoms with E-state index in [0.29, 0.717) is 22.2 Å². The van der Waals surface area contributed by atoms with Gasteiger partial charge in [0.25, 0.3) is 5.91 Å². The highest BCUT2D eigenvalue weighted by molar-refractivity contribution is 6.34. The third-order valence-corrected chi connectivity index (χ3v) is 5.18. The second-order valence-electron chi connectivity index (χ2n) is 7.29. The lowest BCUT2D eigenvalue weighted by Gasteiger charge is -2.12. The first-order valence-corrected chi connectivity index (χ1v) is 9.73. The lowest BCUT2D eigenvalue weighted by molar-refractivity contribution is 0.102. The number of amides is 1. The van der Waals surface area contributed by atoms with Crippen LogP contribution in [0.2, 0.25) is 5.02 Å². The van der Waals surface area contributed by atoms with Gasteiger partial charge in [-0.25, -0.2) is 4.98 Å². The van der Waals surface area contributed by atoms with Gasteiger partial charge in [0.15, 0.2) is 5.82 Å². The van der Waals surface area contributed by atoms with E-state index < -0.39 is 0 Å². The Morgan fingerprint density at radius 2 is 1.76 bits per heavy atom. The van der Waals surface area contributed by atoms with Crippen LogP contribution in [0.25, 0.3) is 16.7 Å². The summed E-state index contributed by atoms with van der Waals surface area (Å²) in [5, 5.41) is 8.99. The van der Waals surface area contributed by atoms with Crippen molar-refractivity contribution in [3.05, 3.63) is 81.5 Å². The predicted molar refractivity (Wildman–Crippen MR) is 117 cm³/mol. The lowest BCUT2D eigenvalue weighted by atomic mass is 10.0. The summed E-state index contributed by atoms with van der Waals surface area (Å²) in [7, 11) is 0. The van der Waals surface area contributed by atoms with Crippen LogP contribution in [0, 0.1) is 27.7 Å². The number of carbonyl (C=O) groups excluding carboxylic acids is 1. The minimum Gasteiger partial charge on any atom is -0.306 e. The van der Waals surface area contributed by atoms with E-state index >= 15 is 0 Å². The minimum absolute atomic E-state index is 0.291. The first-order chi connectivity index (χ1) is 13.8. The Balaban J connectivity index is 1.79. The quantitative estimate of drug-likeness (QED) is 0.486. The van der Waals surface area contributed by atoms with Crippen molar-refractivity contribution >= 4 is 34.2 Å². The number of aryl methyl sites for hydroxylation is 4. The molecule has 146 valence electrons. The Morgan fingerprint density at radius 3 is 2.52 bits per heavy atom. The molecule has 0 radical (unpaired) electrons. The summed E-state index contributed by atoms with van der Waals surface area (Å²) in [6.45, 7) is 8.08. The average Bonchev–Trinajstić information content (AvgIpc) is 3.03. The molecule has 5 nitrogen and oxygen atoms in total. The van der Waals surface area contributed by atoms with Gasteiger partial charge in [0.05, 0.1) is 21.8 Å². The molecule has 0 atom stereocenters. The highest BCUT2D eigenvalue weighted by atomic mass is 35.5. The topological polar surface area (TPSA) is 59.8 Å². The monoisotopic (exact) mass is 404 g/mol. The molecule has 2 heterocycles. The number of nitrogens with one attached hydrogen (secondary N) is 1. The van der Waals surface area contributed by atoms with Gasteiger partial charge in [-0.1, -0.05) is 35.4 Å². The second-order valence-corrected chi connectivity index (χ2v) is 7.70. The van der Waals surface area contributed by atoms with E-state index in [4.69, 9.17) is 16.6 Å². The van der Waals surface area contributed by atoms with E-state index in [1.807, 2.05) is 19.1 Å². The van der Waals surface area contributed by atoms with Crippen molar-refractivity contribution in [3.8, 4) is 5.82 Å². The van der Waals surface area contributed by atoms with Crippen LogP contribution < -0.4 is 5.32 Å². The lowest BCUT2D eigenvalue weighted by Crippen LogP contribution is -2.16. The molecule has 2 aromatic heterocycles. The smallest absolute Gasteiger partial charge is 0.258 e. The van der Waals surface area contributed by atoms with Crippen molar-refractivity contribution in [1.82, 2.24) is 14.8 Å². The summed E-state index contributed by atoms with van der Waals surface area (Å²) < 4.78 is 1.66. The van der Waals surface area contributed by atoms with Crippen LogP contribution in [0.3, 0.4) is 0 Å². The number of hydrogen-bond donors (Lipinski definition) is 1. The van der Waals surface area contributed by atoms with Crippen LogP contribution in [0.5, 0.6) is 0 Å². The fourth-order valence-corrected chi connectivity index (χ4v) is 3.75. The van der Waals surface area contributed by atoms with E-state index in [2.05, 4.69) is 43.3 Å². The van der Waals surface area contributed by atoms with Crippen molar-refractivity contribution in [3.63, 3.8) is 0 Å². The fourth-order valence-electron chi connectivity index (χ4n) is 3.53. The summed E-state index contributed by atoms with van der Waals surface area (Å²) in [6, 6.07) is 15.0. The van der Waals surface area contributed by atoms with Gasteiger partial charge in [-0.2, -0.15) is 9.78 Å². The van der Waals surface area contributed by atoms with Crippen molar-refractivity contribution in [2.75, 3.05) is 5.32 Å².